The average molecular weight is 192 g/mol. The molecule has 0 aliphatic carbocycles. The molecule has 0 saturated carbocycles. The number of hydrogen-bond donors (Lipinski definition) is 0. The largest absolute Gasteiger partial charge is 0.0992 e. The van der Waals surface area contributed by atoms with Crippen molar-refractivity contribution in [2.24, 2.45) is 0 Å². The Morgan fingerprint density at radius 3 is 1.25 bits per heavy atom. The highest BCUT2D eigenvalue weighted by Crippen LogP contribution is 1.98. The molecule has 0 amide bonds. The summed E-state index contributed by atoms with van der Waals surface area (Å²) in [6.45, 7) is 3.09. The second-order valence-corrected chi connectivity index (χ2v) is 2.01. The summed E-state index contributed by atoms with van der Waals surface area (Å²) in [7, 11) is 0. The van der Waals surface area contributed by atoms with Crippen LogP contribution in [0.4, 0.5) is 0 Å². The van der Waals surface area contributed by atoms with Gasteiger partial charge in [0, 0.05) is 10.8 Å². The minimum atomic E-state index is 0.111. The molecule has 4 heteroatoms. The average Bonchev–Trinajstić information content (AvgIpc) is 1.65. The molecule has 46 valence electrons. The van der Waals surface area contributed by atoms with Crippen LogP contribution in [-0.2, 0) is 0 Å². The van der Waals surface area contributed by atoms with Crippen LogP contribution < -0.4 is 0 Å². The Kier molecular flexibility index (Phi) is 14.7. The van der Waals surface area contributed by atoms with Gasteiger partial charge in [-0.05, 0) is 23.2 Å². The molecular formula is C4H2Cl4. The van der Waals surface area contributed by atoms with Gasteiger partial charge in [-0.25, -0.2) is 0 Å². The lowest BCUT2D eigenvalue weighted by Crippen LogP contribution is -1.24. The monoisotopic (exact) mass is 190 g/mol. The van der Waals surface area contributed by atoms with Crippen LogP contribution in [0.2, 0.25) is 0 Å². The van der Waals surface area contributed by atoms with Gasteiger partial charge in [0.15, 0.2) is 0 Å². The van der Waals surface area contributed by atoms with Crippen LogP contribution in [0.15, 0.2) is 11.1 Å². The van der Waals surface area contributed by atoms with Crippen molar-refractivity contribution in [2.75, 3.05) is 0 Å². The van der Waals surface area contributed by atoms with Gasteiger partial charge in [0.2, 0.25) is 0 Å². The molecule has 0 saturated heterocycles. The molecule has 0 heterocycles. The molecule has 0 rings (SSSR count). The van der Waals surface area contributed by atoms with Crippen molar-refractivity contribution >= 4 is 46.4 Å². The van der Waals surface area contributed by atoms with Gasteiger partial charge in [0.05, 0.1) is 4.49 Å². The van der Waals surface area contributed by atoms with E-state index in [0.29, 0.717) is 0 Å². The maximum Gasteiger partial charge on any atom is 0.0992 e. The van der Waals surface area contributed by atoms with Crippen molar-refractivity contribution in [2.45, 2.75) is 0 Å². The van der Waals surface area contributed by atoms with Crippen molar-refractivity contribution in [3.05, 3.63) is 11.1 Å². The van der Waals surface area contributed by atoms with Crippen LogP contribution >= 0.6 is 46.4 Å². The smallest absolute Gasteiger partial charge is 0.0716 e. The van der Waals surface area contributed by atoms with Gasteiger partial charge in [0.1, 0.15) is 0 Å². The van der Waals surface area contributed by atoms with Crippen molar-refractivity contribution in [1.82, 2.24) is 0 Å². The fraction of sp³-hybridized carbons (Fsp3) is 0. The first-order chi connectivity index (χ1) is 3.65. The van der Waals surface area contributed by atoms with E-state index in [1.807, 2.05) is 10.8 Å². The lowest BCUT2D eigenvalue weighted by atomic mass is 11.3. The summed E-state index contributed by atoms with van der Waals surface area (Å²) in [6, 6.07) is 0. The Labute approximate surface area is 68.4 Å². The molecule has 0 aromatic heterocycles. The first kappa shape index (κ1) is 11.3. The normalized spacial score (nSPS) is 5.00. The zero-order valence-corrected chi connectivity index (χ0v) is 6.74. The third-order valence-electron chi connectivity index (χ3n) is 0.0357. The van der Waals surface area contributed by atoms with Crippen LogP contribution in [0.1, 0.15) is 0 Å². The summed E-state index contributed by atoms with van der Waals surface area (Å²) in [5, 5.41) is 3.84. The van der Waals surface area contributed by atoms with Crippen LogP contribution in [0.3, 0.4) is 0 Å². The van der Waals surface area contributed by atoms with Gasteiger partial charge in [-0.15, -0.1) is 0 Å². The number of hydrogen-bond acceptors (Lipinski definition) is 0. The third-order valence-corrected chi connectivity index (χ3v) is 0.321. The quantitative estimate of drug-likeness (QED) is 0.516. The molecule has 0 bridgehead atoms. The highest BCUT2D eigenvalue weighted by molar-refractivity contribution is 6.55. The molecule has 0 fully saturated rings. The first-order valence-electron chi connectivity index (χ1n) is 1.36. The summed E-state index contributed by atoms with van der Waals surface area (Å²) in [5.41, 5.74) is 0. The molecule has 8 heavy (non-hydrogen) atoms. The molecular weight excluding hydrogens is 190 g/mol. The second-order valence-electron chi connectivity index (χ2n) is 0.528. The van der Waals surface area contributed by atoms with Crippen LogP contribution in [0.5, 0.6) is 0 Å². The van der Waals surface area contributed by atoms with E-state index >= 15 is 0 Å². The van der Waals surface area contributed by atoms with Crippen molar-refractivity contribution in [3.8, 4) is 10.8 Å². The third kappa shape index (κ3) is 90.3. The standard InChI is InChI=1S/C2H2Cl2.C2Cl2/c1-2(3)4;3-1-2-4/h1H2;. The van der Waals surface area contributed by atoms with E-state index < -0.39 is 0 Å². The highest BCUT2D eigenvalue weighted by atomic mass is 35.5. The van der Waals surface area contributed by atoms with E-state index in [1.165, 1.54) is 0 Å². The minimum absolute atomic E-state index is 0.111. The van der Waals surface area contributed by atoms with E-state index in [-0.39, 0.29) is 4.49 Å². The van der Waals surface area contributed by atoms with E-state index in [9.17, 15) is 0 Å². The van der Waals surface area contributed by atoms with Crippen LogP contribution in [0.25, 0.3) is 0 Å². The zero-order chi connectivity index (χ0) is 6.99. The fourth-order valence-electron chi connectivity index (χ4n) is 0. The zero-order valence-electron chi connectivity index (χ0n) is 3.72. The molecule has 0 aliphatic heterocycles. The lowest BCUT2D eigenvalue weighted by molar-refractivity contribution is 2.45. The SMILES string of the molecule is C=C(Cl)Cl.ClC#CCl. The molecule has 0 spiro atoms. The van der Waals surface area contributed by atoms with Gasteiger partial charge >= 0.3 is 0 Å². The minimum Gasteiger partial charge on any atom is -0.0716 e. The Morgan fingerprint density at radius 2 is 1.25 bits per heavy atom. The van der Waals surface area contributed by atoms with Crippen LogP contribution in [-0.4, -0.2) is 0 Å². The number of rotatable bonds is 0. The maximum atomic E-state index is 4.85. The van der Waals surface area contributed by atoms with Crippen molar-refractivity contribution < 1.29 is 0 Å². The summed E-state index contributed by atoms with van der Waals surface area (Å²) < 4.78 is 0.111. The Bertz CT molecular complexity index is 96.9. The summed E-state index contributed by atoms with van der Waals surface area (Å²) in [6.07, 6.45) is 0. The predicted octanol–water partition coefficient (Wildman–Crippen LogP) is 3.32. The van der Waals surface area contributed by atoms with Gasteiger partial charge in [-0.1, -0.05) is 29.8 Å². The van der Waals surface area contributed by atoms with Crippen molar-refractivity contribution in [3.63, 3.8) is 0 Å². The predicted molar refractivity (Wildman–Crippen MR) is 40.3 cm³/mol. The first-order valence-corrected chi connectivity index (χ1v) is 2.87. The molecule has 0 aliphatic rings. The Morgan fingerprint density at radius 1 is 1.12 bits per heavy atom. The van der Waals surface area contributed by atoms with E-state index in [4.69, 9.17) is 46.4 Å². The molecule has 0 aromatic rings. The van der Waals surface area contributed by atoms with E-state index in [0.717, 1.165) is 0 Å². The topological polar surface area (TPSA) is 0 Å². The van der Waals surface area contributed by atoms with Gasteiger partial charge in [-0.2, -0.15) is 0 Å². The van der Waals surface area contributed by atoms with E-state index in [2.05, 4.69) is 6.58 Å². The molecule has 0 aromatic carbocycles. The fourth-order valence-corrected chi connectivity index (χ4v) is 0. The van der Waals surface area contributed by atoms with E-state index in [1.54, 1.807) is 0 Å². The Hall–Kier alpha value is 0.460. The summed E-state index contributed by atoms with van der Waals surface area (Å²) in [5.74, 6) is 0. The van der Waals surface area contributed by atoms with Crippen LogP contribution in [0, 0.1) is 10.8 Å². The molecule has 0 nitrogen and oxygen atoms in total. The molecule has 0 radical (unpaired) electrons. The highest BCUT2D eigenvalue weighted by Gasteiger charge is 1.60. The van der Waals surface area contributed by atoms with Gasteiger partial charge in [0.25, 0.3) is 0 Å². The molecule has 0 N–H and O–H groups in total. The maximum absolute atomic E-state index is 4.85. The molecule has 0 unspecified atom stereocenters. The van der Waals surface area contributed by atoms with Crippen molar-refractivity contribution in [1.29, 1.82) is 0 Å². The number of halogens is 4. The second kappa shape index (κ2) is 10.4. The van der Waals surface area contributed by atoms with Gasteiger partial charge in [-0.3, -0.25) is 0 Å². The summed E-state index contributed by atoms with van der Waals surface area (Å²) >= 11 is 19.1. The van der Waals surface area contributed by atoms with Gasteiger partial charge < -0.3 is 0 Å². The molecule has 0 atom stereocenters. The lowest BCUT2D eigenvalue weighted by Gasteiger charge is -1.57. The Balaban J connectivity index is 0. The summed E-state index contributed by atoms with van der Waals surface area (Å²) in [4.78, 5) is 0.